The van der Waals surface area contributed by atoms with Crippen molar-refractivity contribution in [2.24, 2.45) is 16.3 Å². The summed E-state index contributed by atoms with van der Waals surface area (Å²) in [4.78, 5) is 2.43. The van der Waals surface area contributed by atoms with Crippen molar-refractivity contribution >= 4 is 5.84 Å². The van der Waals surface area contributed by atoms with E-state index in [2.05, 4.69) is 17.0 Å². The van der Waals surface area contributed by atoms with E-state index in [0.717, 1.165) is 39.1 Å². The molecule has 2 saturated heterocycles. The van der Waals surface area contributed by atoms with Gasteiger partial charge in [0.1, 0.15) is 5.84 Å². The summed E-state index contributed by atoms with van der Waals surface area (Å²) in [5.41, 5.74) is 5.61. The molecule has 2 aliphatic rings. The molecule has 0 bridgehead atoms. The molecule has 2 heterocycles. The zero-order chi connectivity index (χ0) is 12.3. The lowest BCUT2D eigenvalue weighted by molar-refractivity contribution is 0.0552. The minimum Gasteiger partial charge on any atom is -0.409 e. The maximum absolute atomic E-state index is 8.78. The molecule has 17 heavy (non-hydrogen) atoms. The number of piperidine rings is 1. The summed E-state index contributed by atoms with van der Waals surface area (Å²) in [5, 5.41) is 11.9. The van der Waals surface area contributed by atoms with E-state index in [-0.39, 0.29) is 5.41 Å². The van der Waals surface area contributed by atoms with Gasteiger partial charge in [0.25, 0.3) is 0 Å². The lowest BCUT2D eigenvalue weighted by atomic mass is 9.79. The van der Waals surface area contributed by atoms with E-state index in [9.17, 15) is 0 Å². The molecule has 2 rings (SSSR count). The summed E-state index contributed by atoms with van der Waals surface area (Å²) >= 11 is 0. The van der Waals surface area contributed by atoms with Gasteiger partial charge >= 0.3 is 0 Å². The number of ether oxygens (including phenoxy) is 1. The molecule has 0 amide bonds. The Morgan fingerprint density at radius 3 is 2.76 bits per heavy atom. The highest BCUT2D eigenvalue weighted by Crippen LogP contribution is 2.31. The highest BCUT2D eigenvalue weighted by molar-refractivity contribution is 5.85. The molecule has 0 aromatic rings. The van der Waals surface area contributed by atoms with Crippen LogP contribution in [0.5, 0.6) is 0 Å². The van der Waals surface area contributed by atoms with Crippen molar-refractivity contribution in [3.63, 3.8) is 0 Å². The third-order valence-corrected chi connectivity index (χ3v) is 4.17. The van der Waals surface area contributed by atoms with Crippen LogP contribution in [0.3, 0.4) is 0 Å². The molecule has 0 aliphatic carbocycles. The van der Waals surface area contributed by atoms with Crippen LogP contribution in [-0.4, -0.2) is 48.3 Å². The SMILES string of the molecule is CC1(C(N)=NO)CCN(CC2CCCO2)CC1. The van der Waals surface area contributed by atoms with Gasteiger partial charge in [0.2, 0.25) is 0 Å². The van der Waals surface area contributed by atoms with Gasteiger partial charge in [-0.25, -0.2) is 0 Å². The molecule has 2 fully saturated rings. The van der Waals surface area contributed by atoms with Crippen molar-refractivity contribution in [2.45, 2.75) is 38.7 Å². The lowest BCUT2D eigenvalue weighted by Crippen LogP contribution is -2.47. The van der Waals surface area contributed by atoms with E-state index in [1.54, 1.807) is 0 Å². The van der Waals surface area contributed by atoms with Crippen LogP contribution in [-0.2, 0) is 4.74 Å². The number of rotatable bonds is 3. The van der Waals surface area contributed by atoms with Crippen molar-refractivity contribution < 1.29 is 9.94 Å². The minimum absolute atomic E-state index is 0.137. The van der Waals surface area contributed by atoms with Gasteiger partial charge in [0, 0.05) is 18.6 Å². The molecule has 3 N–H and O–H groups in total. The normalized spacial score (nSPS) is 30.6. The molecule has 1 unspecified atom stereocenters. The van der Waals surface area contributed by atoms with Gasteiger partial charge in [0.05, 0.1) is 6.10 Å². The third kappa shape index (κ3) is 2.90. The van der Waals surface area contributed by atoms with Gasteiger partial charge in [0.15, 0.2) is 0 Å². The molecule has 0 spiro atoms. The fraction of sp³-hybridized carbons (Fsp3) is 0.917. The zero-order valence-electron chi connectivity index (χ0n) is 10.6. The highest BCUT2D eigenvalue weighted by atomic mass is 16.5. The van der Waals surface area contributed by atoms with Crippen LogP contribution in [0.1, 0.15) is 32.6 Å². The molecule has 0 aromatic heterocycles. The third-order valence-electron chi connectivity index (χ3n) is 4.17. The molecule has 0 radical (unpaired) electrons. The first-order chi connectivity index (χ1) is 8.14. The topological polar surface area (TPSA) is 71.1 Å². The van der Waals surface area contributed by atoms with E-state index in [1.165, 1.54) is 12.8 Å². The average molecular weight is 241 g/mol. The Balaban J connectivity index is 1.81. The zero-order valence-corrected chi connectivity index (χ0v) is 10.6. The largest absolute Gasteiger partial charge is 0.409 e. The van der Waals surface area contributed by atoms with E-state index in [4.69, 9.17) is 15.7 Å². The second kappa shape index (κ2) is 5.23. The van der Waals surface area contributed by atoms with Crippen LogP contribution in [0.15, 0.2) is 5.16 Å². The first-order valence-corrected chi connectivity index (χ1v) is 6.46. The molecular weight excluding hydrogens is 218 g/mol. The standard InChI is InChI=1S/C12H23N3O2/c1-12(11(13)14-16)4-6-15(7-5-12)9-10-3-2-8-17-10/h10,16H,2-9H2,1H3,(H2,13,14). The first-order valence-electron chi connectivity index (χ1n) is 6.46. The average Bonchev–Trinajstić information content (AvgIpc) is 2.84. The van der Waals surface area contributed by atoms with Crippen molar-refractivity contribution in [1.29, 1.82) is 0 Å². The Labute approximate surface area is 103 Å². The molecule has 5 heteroatoms. The molecule has 1 atom stereocenters. The molecule has 5 nitrogen and oxygen atoms in total. The van der Waals surface area contributed by atoms with Gasteiger partial charge in [-0.1, -0.05) is 12.1 Å². The number of likely N-dealkylation sites (tertiary alicyclic amines) is 1. The smallest absolute Gasteiger partial charge is 0.145 e. The van der Waals surface area contributed by atoms with Gasteiger partial charge in [-0.3, -0.25) is 0 Å². The predicted octanol–water partition coefficient (Wildman–Crippen LogP) is 1.01. The number of nitrogens with two attached hydrogens (primary N) is 1. The Morgan fingerprint density at radius 1 is 1.53 bits per heavy atom. The fourth-order valence-electron chi connectivity index (χ4n) is 2.68. The Hall–Kier alpha value is -0.810. The monoisotopic (exact) mass is 241 g/mol. The molecule has 2 aliphatic heterocycles. The van der Waals surface area contributed by atoms with Gasteiger partial charge < -0.3 is 20.6 Å². The lowest BCUT2D eigenvalue weighted by Gasteiger charge is -2.39. The van der Waals surface area contributed by atoms with Gasteiger partial charge in [-0.2, -0.15) is 0 Å². The number of hydrogen-bond acceptors (Lipinski definition) is 4. The second-order valence-electron chi connectivity index (χ2n) is 5.48. The predicted molar refractivity (Wildman–Crippen MR) is 66.2 cm³/mol. The van der Waals surface area contributed by atoms with E-state index in [1.807, 2.05) is 0 Å². The van der Waals surface area contributed by atoms with Crippen LogP contribution in [0.25, 0.3) is 0 Å². The summed E-state index contributed by atoms with van der Waals surface area (Å²) in [7, 11) is 0. The Morgan fingerprint density at radius 2 is 2.24 bits per heavy atom. The summed E-state index contributed by atoms with van der Waals surface area (Å²) < 4.78 is 5.65. The fourth-order valence-corrected chi connectivity index (χ4v) is 2.68. The summed E-state index contributed by atoms with van der Waals surface area (Å²) in [5.74, 6) is 0.370. The molecule has 98 valence electrons. The first kappa shape index (κ1) is 12.6. The number of nitrogens with zero attached hydrogens (tertiary/aromatic N) is 2. The molecular formula is C12H23N3O2. The minimum atomic E-state index is -0.137. The summed E-state index contributed by atoms with van der Waals surface area (Å²) in [6.45, 7) is 6.04. The Kier molecular flexibility index (Phi) is 3.89. The van der Waals surface area contributed by atoms with E-state index in [0.29, 0.717) is 11.9 Å². The van der Waals surface area contributed by atoms with E-state index < -0.39 is 0 Å². The van der Waals surface area contributed by atoms with Crippen LogP contribution in [0.4, 0.5) is 0 Å². The maximum Gasteiger partial charge on any atom is 0.145 e. The van der Waals surface area contributed by atoms with E-state index >= 15 is 0 Å². The van der Waals surface area contributed by atoms with Gasteiger partial charge in [-0.05, 0) is 38.8 Å². The van der Waals surface area contributed by atoms with Gasteiger partial charge in [-0.15, -0.1) is 0 Å². The van der Waals surface area contributed by atoms with Crippen LogP contribution < -0.4 is 5.73 Å². The van der Waals surface area contributed by atoms with Crippen LogP contribution >= 0.6 is 0 Å². The van der Waals surface area contributed by atoms with Crippen molar-refractivity contribution in [3.8, 4) is 0 Å². The van der Waals surface area contributed by atoms with Crippen molar-refractivity contribution in [2.75, 3.05) is 26.2 Å². The second-order valence-corrected chi connectivity index (χ2v) is 5.48. The van der Waals surface area contributed by atoms with Crippen molar-refractivity contribution in [1.82, 2.24) is 4.90 Å². The summed E-state index contributed by atoms with van der Waals surface area (Å²) in [6.07, 6.45) is 4.71. The molecule has 0 saturated carbocycles. The highest BCUT2D eigenvalue weighted by Gasteiger charge is 2.34. The summed E-state index contributed by atoms with van der Waals surface area (Å²) in [6, 6.07) is 0. The van der Waals surface area contributed by atoms with Crippen LogP contribution in [0, 0.1) is 5.41 Å². The quantitative estimate of drug-likeness (QED) is 0.335. The van der Waals surface area contributed by atoms with Crippen molar-refractivity contribution in [3.05, 3.63) is 0 Å². The number of oxime groups is 1. The Bertz CT molecular complexity index is 279. The maximum atomic E-state index is 8.78. The van der Waals surface area contributed by atoms with Crippen LogP contribution in [0.2, 0.25) is 0 Å². The number of amidine groups is 1. The molecule has 0 aromatic carbocycles. The number of hydrogen-bond donors (Lipinski definition) is 2.